The lowest BCUT2D eigenvalue weighted by atomic mass is 9.99. The van der Waals surface area contributed by atoms with Crippen LogP contribution in [0, 0.1) is 5.82 Å². The molecule has 1 atom stereocenters. The number of hydrogen-bond donors (Lipinski definition) is 1. The molecule has 2 aromatic carbocycles. The minimum Gasteiger partial charge on any atom is -0.327 e. The maximum absolute atomic E-state index is 12.9. The molecule has 1 unspecified atom stereocenters. The van der Waals surface area contributed by atoms with Crippen molar-refractivity contribution < 1.29 is 4.39 Å². The van der Waals surface area contributed by atoms with Crippen LogP contribution in [0.25, 0.3) is 11.1 Å². The molecule has 0 aromatic heterocycles. The van der Waals surface area contributed by atoms with Crippen molar-refractivity contribution in [3.8, 4) is 11.1 Å². The van der Waals surface area contributed by atoms with E-state index in [-0.39, 0.29) is 11.9 Å². The lowest BCUT2D eigenvalue weighted by Gasteiger charge is -2.10. The number of hydrogen-bond acceptors (Lipinski definition) is 1. The van der Waals surface area contributed by atoms with Gasteiger partial charge in [0, 0.05) is 6.04 Å². The predicted octanol–water partition coefficient (Wildman–Crippen LogP) is 3.77. The highest BCUT2D eigenvalue weighted by atomic mass is 19.1. The van der Waals surface area contributed by atoms with E-state index in [0.717, 1.165) is 24.0 Å². The highest BCUT2D eigenvalue weighted by Gasteiger charge is 2.03. The monoisotopic (exact) mass is 243 g/mol. The van der Waals surface area contributed by atoms with E-state index in [1.54, 1.807) is 12.1 Å². The SMILES string of the molecule is CCC(N)Cc1cccc(-c2ccc(F)cc2)c1. The van der Waals surface area contributed by atoms with Gasteiger partial charge in [0.2, 0.25) is 0 Å². The largest absolute Gasteiger partial charge is 0.327 e. The summed E-state index contributed by atoms with van der Waals surface area (Å²) < 4.78 is 12.9. The van der Waals surface area contributed by atoms with Gasteiger partial charge in [0.1, 0.15) is 5.82 Å². The quantitative estimate of drug-likeness (QED) is 0.869. The zero-order chi connectivity index (χ0) is 13.0. The number of nitrogens with two attached hydrogens (primary N) is 1. The highest BCUT2D eigenvalue weighted by Crippen LogP contribution is 2.21. The Morgan fingerprint density at radius 2 is 1.78 bits per heavy atom. The Hall–Kier alpha value is -1.67. The van der Waals surface area contributed by atoms with E-state index in [2.05, 4.69) is 19.1 Å². The minimum atomic E-state index is -0.206. The molecular formula is C16H18FN. The van der Waals surface area contributed by atoms with Crippen molar-refractivity contribution in [2.75, 3.05) is 0 Å². The number of halogens is 1. The second-order valence-electron chi connectivity index (χ2n) is 4.58. The minimum absolute atomic E-state index is 0.202. The van der Waals surface area contributed by atoms with Gasteiger partial charge in [-0.2, -0.15) is 0 Å². The van der Waals surface area contributed by atoms with Gasteiger partial charge >= 0.3 is 0 Å². The van der Waals surface area contributed by atoms with Crippen LogP contribution < -0.4 is 5.73 Å². The van der Waals surface area contributed by atoms with Gasteiger partial charge in [-0.1, -0.05) is 43.3 Å². The summed E-state index contributed by atoms with van der Waals surface area (Å²) in [6, 6.07) is 15.0. The Morgan fingerprint density at radius 1 is 1.06 bits per heavy atom. The smallest absolute Gasteiger partial charge is 0.123 e. The van der Waals surface area contributed by atoms with Crippen molar-refractivity contribution in [2.24, 2.45) is 5.73 Å². The Morgan fingerprint density at radius 3 is 2.44 bits per heavy atom. The van der Waals surface area contributed by atoms with E-state index < -0.39 is 0 Å². The molecule has 0 saturated heterocycles. The van der Waals surface area contributed by atoms with E-state index in [1.807, 2.05) is 12.1 Å². The van der Waals surface area contributed by atoms with Crippen LogP contribution in [0.2, 0.25) is 0 Å². The summed E-state index contributed by atoms with van der Waals surface area (Å²) in [5, 5.41) is 0. The number of benzene rings is 2. The summed E-state index contributed by atoms with van der Waals surface area (Å²) in [5.41, 5.74) is 9.33. The van der Waals surface area contributed by atoms with Gasteiger partial charge in [-0.3, -0.25) is 0 Å². The van der Waals surface area contributed by atoms with Crippen LogP contribution in [-0.4, -0.2) is 6.04 Å². The van der Waals surface area contributed by atoms with Crippen LogP contribution in [-0.2, 0) is 6.42 Å². The molecule has 0 spiro atoms. The summed E-state index contributed by atoms with van der Waals surface area (Å²) in [6.07, 6.45) is 1.85. The van der Waals surface area contributed by atoms with Crippen molar-refractivity contribution in [1.29, 1.82) is 0 Å². The fraction of sp³-hybridized carbons (Fsp3) is 0.250. The fourth-order valence-corrected chi connectivity index (χ4v) is 1.97. The molecule has 2 aromatic rings. The molecule has 0 bridgehead atoms. The molecule has 18 heavy (non-hydrogen) atoms. The van der Waals surface area contributed by atoms with Crippen LogP contribution in [0.3, 0.4) is 0 Å². The standard InChI is InChI=1S/C16H18FN/c1-2-16(18)11-12-4-3-5-14(10-12)13-6-8-15(17)9-7-13/h3-10,16H,2,11,18H2,1H3. The van der Waals surface area contributed by atoms with E-state index in [9.17, 15) is 4.39 Å². The molecular weight excluding hydrogens is 225 g/mol. The normalized spacial score (nSPS) is 12.4. The third-order valence-corrected chi connectivity index (χ3v) is 3.13. The maximum atomic E-state index is 12.9. The van der Waals surface area contributed by atoms with Crippen molar-refractivity contribution in [1.82, 2.24) is 0 Å². The van der Waals surface area contributed by atoms with Gasteiger partial charge in [-0.05, 0) is 41.7 Å². The third kappa shape index (κ3) is 3.17. The van der Waals surface area contributed by atoms with Crippen LogP contribution in [0.15, 0.2) is 48.5 Å². The van der Waals surface area contributed by atoms with Gasteiger partial charge < -0.3 is 5.73 Å². The van der Waals surface area contributed by atoms with E-state index in [1.165, 1.54) is 17.7 Å². The molecule has 2 rings (SSSR count). The Balaban J connectivity index is 2.24. The lowest BCUT2D eigenvalue weighted by Crippen LogP contribution is -2.21. The Labute approximate surface area is 107 Å². The first-order valence-electron chi connectivity index (χ1n) is 6.29. The molecule has 0 aliphatic carbocycles. The average Bonchev–Trinajstić information content (AvgIpc) is 2.40. The molecule has 0 heterocycles. The van der Waals surface area contributed by atoms with Gasteiger partial charge in [0.15, 0.2) is 0 Å². The molecule has 0 fully saturated rings. The van der Waals surface area contributed by atoms with Crippen LogP contribution >= 0.6 is 0 Å². The molecule has 0 amide bonds. The summed E-state index contributed by atoms with van der Waals surface area (Å²) >= 11 is 0. The zero-order valence-corrected chi connectivity index (χ0v) is 10.6. The van der Waals surface area contributed by atoms with Crippen LogP contribution in [0.4, 0.5) is 4.39 Å². The molecule has 0 aliphatic rings. The van der Waals surface area contributed by atoms with Crippen molar-refractivity contribution in [2.45, 2.75) is 25.8 Å². The van der Waals surface area contributed by atoms with Gasteiger partial charge in [-0.25, -0.2) is 4.39 Å². The third-order valence-electron chi connectivity index (χ3n) is 3.13. The lowest BCUT2D eigenvalue weighted by molar-refractivity contribution is 0.628. The molecule has 1 nitrogen and oxygen atoms in total. The first-order valence-corrected chi connectivity index (χ1v) is 6.29. The van der Waals surface area contributed by atoms with Crippen molar-refractivity contribution in [3.05, 3.63) is 59.9 Å². The first-order chi connectivity index (χ1) is 8.69. The topological polar surface area (TPSA) is 26.0 Å². The first kappa shape index (κ1) is 12.8. The van der Waals surface area contributed by atoms with Crippen LogP contribution in [0.1, 0.15) is 18.9 Å². The Kier molecular flexibility index (Phi) is 4.11. The average molecular weight is 243 g/mol. The Bertz CT molecular complexity index is 505. The van der Waals surface area contributed by atoms with Gasteiger partial charge in [0.25, 0.3) is 0 Å². The van der Waals surface area contributed by atoms with E-state index in [0.29, 0.717) is 0 Å². The highest BCUT2D eigenvalue weighted by molar-refractivity contribution is 5.64. The summed E-state index contributed by atoms with van der Waals surface area (Å²) in [4.78, 5) is 0. The van der Waals surface area contributed by atoms with Crippen molar-refractivity contribution in [3.63, 3.8) is 0 Å². The fourth-order valence-electron chi connectivity index (χ4n) is 1.97. The number of rotatable bonds is 4. The van der Waals surface area contributed by atoms with Crippen LogP contribution in [0.5, 0.6) is 0 Å². The molecule has 94 valence electrons. The maximum Gasteiger partial charge on any atom is 0.123 e. The summed E-state index contributed by atoms with van der Waals surface area (Å²) in [5.74, 6) is -0.206. The second kappa shape index (κ2) is 5.78. The summed E-state index contributed by atoms with van der Waals surface area (Å²) in [7, 11) is 0. The predicted molar refractivity (Wildman–Crippen MR) is 73.8 cm³/mol. The second-order valence-corrected chi connectivity index (χ2v) is 4.58. The van der Waals surface area contributed by atoms with Gasteiger partial charge in [-0.15, -0.1) is 0 Å². The van der Waals surface area contributed by atoms with Crippen molar-refractivity contribution >= 4 is 0 Å². The molecule has 0 saturated carbocycles. The van der Waals surface area contributed by atoms with E-state index in [4.69, 9.17) is 5.73 Å². The van der Waals surface area contributed by atoms with Gasteiger partial charge in [0.05, 0.1) is 0 Å². The zero-order valence-electron chi connectivity index (χ0n) is 10.6. The molecule has 2 heteroatoms. The molecule has 0 aliphatic heterocycles. The molecule has 0 radical (unpaired) electrons. The van der Waals surface area contributed by atoms with E-state index >= 15 is 0 Å². The summed E-state index contributed by atoms with van der Waals surface area (Å²) in [6.45, 7) is 2.09. The molecule has 2 N–H and O–H groups in total.